The second-order valence-electron chi connectivity index (χ2n) is 5.93. The quantitative estimate of drug-likeness (QED) is 0.589. The van der Waals surface area contributed by atoms with Crippen LogP contribution in [0.25, 0.3) is 5.69 Å². The summed E-state index contributed by atoms with van der Waals surface area (Å²) in [5.74, 6) is -1.00. The molecular formula is C17H12F7N3O2. The summed E-state index contributed by atoms with van der Waals surface area (Å²) >= 11 is 0. The molecule has 29 heavy (non-hydrogen) atoms. The van der Waals surface area contributed by atoms with Gasteiger partial charge in [-0.1, -0.05) is 12.1 Å². The SMILES string of the molecule is COC(=O)c1c(N)c(C#N)cn1-c1ccc(C(F)(C(F)(F)F)C(F)(F)F)cc1C. The lowest BCUT2D eigenvalue weighted by atomic mass is 9.92. The maximum atomic E-state index is 14.2. The van der Waals surface area contributed by atoms with Crippen LogP contribution in [0.1, 0.15) is 27.2 Å². The van der Waals surface area contributed by atoms with Gasteiger partial charge < -0.3 is 15.0 Å². The van der Waals surface area contributed by atoms with E-state index >= 15 is 0 Å². The molecular weight excluding hydrogens is 411 g/mol. The number of ether oxygens (including phenoxy) is 1. The number of aromatic nitrogens is 1. The highest BCUT2D eigenvalue weighted by atomic mass is 19.4. The number of esters is 1. The molecule has 0 saturated carbocycles. The third-order valence-corrected chi connectivity index (χ3v) is 4.18. The molecule has 5 nitrogen and oxygen atoms in total. The summed E-state index contributed by atoms with van der Waals surface area (Å²) in [4.78, 5) is 12.0. The lowest BCUT2D eigenvalue weighted by Gasteiger charge is -2.30. The highest BCUT2D eigenvalue weighted by molar-refractivity contribution is 5.96. The first-order chi connectivity index (χ1) is 13.2. The first kappa shape index (κ1) is 22.1. The maximum Gasteiger partial charge on any atom is 0.435 e. The zero-order valence-electron chi connectivity index (χ0n) is 14.7. The minimum Gasteiger partial charge on any atom is -0.464 e. The van der Waals surface area contributed by atoms with E-state index in [0.29, 0.717) is 12.1 Å². The van der Waals surface area contributed by atoms with E-state index in [1.165, 1.54) is 0 Å². The van der Waals surface area contributed by atoms with Crippen LogP contribution in [0.5, 0.6) is 0 Å². The molecule has 0 aliphatic rings. The van der Waals surface area contributed by atoms with Gasteiger partial charge in [0.2, 0.25) is 0 Å². The maximum absolute atomic E-state index is 14.2. The van der Waals surface area contributed by atoms with Crippen molar-refractivity contribution in [3.8, 4) is 11.8 Å². The van der Waals surface area contributed by atoms with Gasteiger partial charge in [0.05, 0.1) is 18.4 Å². The lowest BCUT2D eigenvalue weighted by molar-refractivity contribution is -0.348. The van der Waals surface area contributed by atoms with E-state index in [0.717, 1.165) is 30.9 Å². The van der Waals surface area contributed by atoms with Crippen molar-refractivity contribution < 1.29 is 40.3 Å². The molecule has 1 aromatic heterocycles. The number of anilines is 1. The highest BCUT2D eigenvalue weighted by Crippen LogP contribution is 2.53. The number of hydrogen-bond donors (Lipinski definition) is 1. The van der Waals surface area contributed by atoms with Gasteiger partial charge in [-0.2, -0.15) is 31.6 Å². The van der Waals surface area contributed by atoms with Crippen molar-refractivity contribution in [2.24, 2.45) is 0 Å². The summed E-state index contributed by atoms with van der Waals surface area (Å²) in [5, 5.41) is 9.06. The standard InChI is InChI=1S/C17H12F7N3O2/c1-8-5-10(15(18,16(19,20)21)17(22,23)24)3-4-11(8)27-7-9(6-25)12(26)13(27)14(28)29-2/h3-5,7H,26H2,1-2H3. The monoisotopic (exact) mass is 423 g/mol. The second-order valence-corrected chi connectivity index (χ2v) is 5.93. The van der Waals surface area contributed by atoms with Gasteiger partial charge in [-0.05, 0) is 18.6 Å². The smallest absolute Gasteiger partial charge is 0.435 e. The Bertz CT molecular complexity index is 986. The molecule has 2 aromatic rings. The minimum absolute atomic E-state index is 0.103. The Morgan fingerprint density at radius 2 is 1.69 bits per heavy atom. The molecule has 0 fully saturated rings. The lowest BCUT2D eigenvalue weighted by Crippen LogP contribution is -2.50. The molecule has 0 unspecified atom stereocenters. The number of benzene rings is 1. The Morgan fingerprint density at radius 1 is 1.14 bits per heavy atom. The zero-order valence-corrected chi connectivity index (χ0v) is 14.7. The van der Waals surface area contributed by atoms with E-state index in [2.05, 4.69) is 4.74 Å². The van der Waals surface area contributed by atoms with Crippen LogP contribution in [0.2, 0.25) is 0 Å². The molecule has 0 bridgehead atoms. The van der Waals surface area contributed by atoms with Crippen molar-refractivity contribution in [1.82, 2.24) is 4.57 Å². The first-order valence-corrected chi connectivity index (χ1v) is 7.63. The Labute approximate surface area is 159 Å². The number of aryl methyl sites for hydroxylation is 1. The van der Waals surface area contributed by atoms with Crippen LogP contribution < -0.4 is 5.73 Å². The number of carbonyl (C=O) groups excluding carboxylic acids is 1. The predicted octanol–water partition coefficient (Wildman–Crippen LogP) is 4.32. The molecule has 0 radical (unpaired) electrons. The normalized spacial score (nSPS) is 12.6. The average Bonchev–Trinajstić information content (AvgIpc) is 2.94. The summed E-state index contributed by atoms with van der Waals surface area (Å²) in [6.07, 6.45) is -11.5. The fourth-order valence-electron chi connectivity index (χ4n) is 2.73. The van der Waals surface area contributed by atoms with Crippen molar-refractivity contribution in [3.63, 3.8) is 0 Å². The molecule has 12 heteroatoms. The van der Waals surface area contributed by atoms with E-state index in [1.807, 2.05) is 0 Å². The third kappa shape index (κ3) is 3.37. The topological polar surface area (TPSA) is 81.0 Å². The third-order valence-electron chi connectivity index (χ3n) is 4.18. The predicted molar refractivity (Wildman–Crippen MR) is 85.9 cm³/mol. The van der Waals surface area contributed by atoms with Gasteiger partial charge in [-0.3, -0.25) is 0 Å². The van der Waals surface area contributed by atoms with Crippen LogP contribution in [0.4, 0.5) is 36.4 Å². The number of nitrogens with two attached hydrogens (primary N) is 1. The molecule has 0 amide bonds. The fourth-order valence-corrected chi connectivity index (χ4v) is 2.73. The number of hydrogen-bond acceptors (Lipinski definition) is 4. The summed E-state index contributed by atoms with van der Waals surface area (Å²) in [7, 11) is 1.01. The highest BCUT2D eigenvalue weighted by Gasteiger charge is 2.73. The van der Waals surface area contributed by atoms with Crippen LogP contribution in [0.15, 0.2) is 24.4 Å². The number of carbonyl (C=O) groups is 1. The molecule has 156 valence electrons. The second kappa shape index (κ2) is 6.98. The van der Waals surface area contributed by atoms with Gasteiger partial charge in [0.15, 0.2) is 5.69 Å². The van der Waals surface area contributed by atoms with E-state index in [-0.39, 0.29) is 28.2 Å². The van der Waals surface area contributed by atoms with Gasteiger partial charge in [0.25, 0.3) is 0 Å². The van der Waals surface area contributed by atoms with Gasteiger partial charge in [0, 0.05) is 17.4 Å². The van der Waals surface area contributed by atoms with Crippen LogP contribution >= 0.6 is 0 Å². The average molecular weight is 423 g/mol. The zero-order chi connectivity index (χ0) is 22.4. The number of alkyl halides is 7. The molecule has 1 heterocycles. The van der Waals surface area contributed by atoms with E-state index < -0.39 is 29.6 Å². The van der Waals surface area contributed by atoms with Gasteiger partial charge >= 0.3 is 24.0 Å². The minimum atomic E-state index is -6.26. The number of nitrogen functional groups attached to an aromatic ring is 1. The Balaban J connectivity index is 2.74. The molecule has 0 spiro atoms. The number of halogens is 7. The summed E-state index contributed by atoms with van der Waals surface area (Å²) in [6, 6.07) is 3.10. The van der Waals surface area contributed by atoms with Gasteiger partial charge in [0.1, 0.15) is 6.07 Å². The number of nitriles is 1. The fraction of sp³-hybridized carbons (Fsp3) is 0.294. The number of nitrogens with zero attached hydrogens (tertiary/aromatic N) is 2. The summed E-state index contributed by atoms with van der Waals surface area (Å²) in [6.45, 7) is 1.11. The number of methoxy groups -OCH3 is 1. The molecule has 0 aliphatic carbocycles. The summed E-state index contributed by atoms with van der Waals surface area (Å²) < 4.78 is 97.4. The largest absolute Gasteiger partial charge is 0.464 e. The molecule has 2 N–H and O–H groups in total. The van der Waals surface area contributed by atoms with Gasteiger partial charge in [-0.25, -0.2) is 9.18 Å². The van der Waals surface area contributed by atoms with Crippen LogP contribution in [0.3, 0.4) is 0 Å². The van der Waals surface area contributed by atoms with Crippen LogP contribution in [-0.2, 0) is 10.4 Å². The molecule has 2 rings (SSSR count). The first-order valence-electron chi connectivity index (χ1n) is 7.63. The van der Waals surface area contributed by atoms with Crippen molar-refractivity contribution in [2.45, 2.75) is 24.9 Å². The Kier molecular flexibility index (Phi) is 5.31. The Morgan fingerprint density at radius 3 is 2.10 bits per heavy atom. The molecule has 1 aromatic carbocycles. The van der Waals surface area contributed by atoms with Crippen molar-refractivity contribution in [3.05, 3.63) is 46.8 Å². The molecule has 0 aliphatic heterocycles. The van der Waals surface area contributed by atoms with Crippen molar-refractivity contribution >= 4 is 11.7 Å². The van der Waals surface area contributed by atoms with Crippen LogP contribution in [-0.4, -0.2) is 30.0 Å². The van der Waals surface area contributed by atoms with Gasteiger partial charge in [-0.15, -0.1) is 0 Å². The number of rotatable bonds is 3. The van der Waals surface area contributed by atoms with Crippen molar-refractivity contribution in [2.75, 3.05) is 12.8 Å². The van der Waals surface area contributed by atoms with E-state index in [4.69, 9.17) is 11.0 Å². The van der Waals surface area contributed by atoms with Crippen LogP contribution in [0, 0.1) is 18.3 Å². The molecule has 0 saturated heterocycles. The van der Waals surface area contributed by atoms with Crippen molar-refractivity contribution in [1.29, 1.82) is 5.26 Å². The van der Waals surface area contributed by atoms with E-state index in [9.17, 15) is 35.5 Å². The van der Waals surface area contributed by atoms with E-state index in [1.54, 1.807) is 6.07 Å². The Hall–Kier alpha value is -3.23. The summed E-state index contributed by atoms with van der Waals surface area (Å²) in [5.41, 5.74) is -2.78. The molecule has 0 atom stereocenters.